The van der Waals surface area contributed by atoms with E-state index in [1.165, 1.54) is 5.56 Å². The van der Waals surface area contributed by atoms with E-state index >= 15 is 0 Å². The summed E-state index contributed by atoms with van der Waals surface area (Å²) in [6.07, 6.45) is 3.62. The topological polar surface area (TPSA) is 62.5 Å². The van der Waals surface area contributed by atoms with Gasteiger partial charge in [0.25, 0.3) is 5.91 Å². The fourth-order valence-electron chi connectivity index (χ4n) is 2.67. The van der Waals surface area contributed by atoms with Crippen molar-refractivity contribution in [3.05, 3.63) is 47.6 Å². The van der Waals surface area contributed by atoms with Gasteiger partial charge in [-0.05, 0) is 23.6 Å². The van der Waals surface area contributed by atoms with E-state index in [9.17, 15) is 4.79 Å². The Bertz CT molecular complexity index is 646. The number of amides is 1. The highest BCUT2D eigenvalue weighted by Gasteiger charge is 2.25. The summed E-state index contributed by atoms with van der Waals surface area (Å²) >= 11 is 0. The second-order valence-electron chi connectivity index (χ2n) is 6.19. The highest BCUT2D eigenvalue weighted by molar-refractivity contribution is 5.91. The predicted octanol–water partition coefficient (Wildman–Crippen LogP) is 2.15. The maximum Gasteiger partial charge on any atom is 0.292 e. The quantitative estimate of drug-likeness (QED) is 0.865. The van der Waals surface area contributed by atoms with Gasteiger partial charge >= 0.3 is 0 Å². The summed E-state index contributed by atoms with van der Waals surface area (Å²) in [5.41, 5.74) is 2.07. The van der Waals surface area contributed by atoms with Crippen LogP contribution in [0.3, 0.4) is 0 Å². The van der Waals surface area contributed by atoms with Crippen molar-refractivity contribution in [3.63, 3.8) is 0 Å². The van der Waals surface area contributed by atoms with Crippen LogP contribution < -0.4 is 0 Å². The third-order valence-electron chi connectivity index (χ3n) is 4.15. The van der Waals surface area contributed by atoms with E-state index in [0.717, 1.165) is 25.3 Å². The molecule has 2 aromatic heterocycles. The van der Waals surface area contributed by atoms with E-state index in [1.807, 2.05) is 43.3 Å². The third kappa shape index (κ3) is 3.76. The van der Waals surface area contributed by atoms with E-state index in [0.29, 0.717) is 18.8 Å². The standard InChI is InChI=1S/C17H22N4O2/c1-13(2)15-11-16(23-19-15)17(22)21-9-7-20(8-10-21)12-14-3-5-18-6-4-14/h3-6,11,13H,7-10,12H2,1-2H3. The maximum atomic E-state index is 12.5. The predicted molar refractivity (Wildman–Crippen MR) is 86.0 cm³/mol. The number of piperazine rings is 1. The normalized spacial score (nSPS) is 16.0. The Morgan fingerprint density at radius 2 is 1.91 bits per heavy atom. The minimum atomic E-state index is -0.0621. The Morgan fingerprint density at radius 1 is 1.22 bits per heavy atom. The van der Waals surface area contributed by atoms with Crippen molar-refractivity contribution in [3.8, 4) is 0 Å². The molecule has 6 nitrogen and oxygen atoms in total. The Labute approximate surface area is 136 Å². The Hall–Kier alpha value is -2.21. The first-order valence-electron chi connectivity index (χ1n) is 8.00. The van der Waals surface area contributed by atoms with Crippen LogP contribution in [0.25, 0.3) is 0 Å². The van der Waals surface area contributed by atoms with Crippen molar-refractivity contribution < 1.29 is 9.32 Å². The third-order valence-corrected chi connectivity index (χ3v) is 4.15. The van der Waals surface area contributed by atoms with Crippen molar-refractivity contribution >= 4 is 5.91 Å². The first-order chi connectivity index (χ1) is 11.1. The molecule has 0 bridgehead atoms. The average molecular weight is 314 g/mol. The van der Waals surface area contributed by atoms with E-state index in [-0.39, 0.29) is 11.8 Å². The molecule has 122 valence electrons. The number of nitrogens with zero attached hydrogens (tertiary/aromatic N) is 4. The summed E-state index contributed by atoms with van der Waals surface area (Å²) in [6, 6.07) is 5.81. The van der Waals surface area contributed by atoms with Crippen LogP contribution in [0.2, 0.25) is 0 Å². The van der Waals surface area contributed by atoms with Crippen LogP contribution in [0, 0.1) is 0 Å². The molecule has 1 aliphatic rings. The van der Waals surface area contributed by atoms with Gasteiger partial charge in [-0.3, -0.25) is 14.7 Å². The van der Waals surface area contributed by atoms with E-state index in [1.54, 1.807) is 6.07 Å². The fraction of sp³-hybridized carbons (Fsp3) is 0.471. The van der Waals surface area contributed by atoms with Crippen LogP contribution in [0.1, 0.15) is 41.6 Å². The van der Waals surface area contributed by atoms with E-state index in [4.69, 9.17) is 4.52 Å². The molecule has 6 heteroatoms. The molecule has 3 rings (SSSR count). The van der Waals surface area contributed by atoms with Gasteiger partial charge < -0.3 is 9.42 Å². The number of carbonyl (C=O) groups is 1. The van der Waals surface area contributed by atoms with Gasteiger partial charge in [-0.25, -0.2) is 0 Å². The lowest BCUT2D eigenvalue weighted by atomic mass is 10.1. The molecular formula is C17H22N4O2. The lowest BCUT2D eigenvalue weighted by Gasteiger charge is -2.34. The highest BCUT2D eigenvalue weighted by atomic mass is 16.5. The molecule has 0 N–H and O–H groups in total. The molecule has 1 aliphatic heterocycles. The van der Waals surface area contributed by atoms with Gasteiger partial charge in [0.15, 0.2) is 0 Å². The Morgan fingerprint density at radius 3 is 2.52 bits per heavy atom. The molecule has 0 aromatic carbocycles. The van der Waals surface area contributed by atoms with Gasteiger partial charge in [-0.2, -0.15) is 0 Å². The molecule has 0 saturated carbocycles. The van der Waals surface area contributed by atoms with E-state index < -0.39 is 0 Å². The molecule has 0 unspecified atom stereocenters. The van der Waals surface area contributed by atoms with Gasteiger partial charge in [0.1, 0.15) is 0 Å². The van der Waals surface area contributed by atoms with Crippen molar-refractivity contribution in [2.75, 3.05) is 26.2 Å². The van der Waals surface area contributed by atoms with Crippen LogP contribution in [0.5, 0.6) is 0 Å². The zero-order valence-corrected chi connectivity index (χ0v) is 13.6. The Kier molecular flexibility index (Phi) is 4.71. The molecule has 23 heavy (non-hydrogen) atoms. The second kappa shape index (κ2) is 6.91. The minimum Gasteiger partial charge on any atom is -0.351 e. The van der Waals surface area contributed by atoms with Crippen LogP contribution in [-0.2, 0) is 6.54 Å². The Balaban J connectivity index is 1.54. The molecule has 1 amide bonds. The fourth-order valence-corrected chi connectivity index (χ4v) is 2.67. The smallest absolute Gasteiger partial charge is 0.292 e. The molecule has 0 atom stereocenters. The van der Waals surface area contributed by atoms with Gasteiger partial charge in [-0.1, -0.05) is 19.0 Å². The van der Waals surface area contributed by atoms with Gasteiger partial charge in [0.2, 0.25) is 5.76 Å². The van der Waals surface area contributed by atoms with Crippen LogP contribution >= 0.6 is 0 Å². The first-order valence-corrected chi connectivity index (χ1v) is 8.00. The van der Waals surface area contributed by atoms with Crippen LogP contribution in [0.4, 0.5) is 0 Å². The number of aromatic nitrogens is 2. The van der Waals surface area contributed by atoms with Gasteiger partial charge in [-0.15, -0.1) is 0 Å². The summed E-state index contributed by atoms with van der Waals surface area (Å²) in [6.45, 7) is 8.10. The largest absolute Gasteiger partial charge is 0.351 e. The van der Waals surface area contributed by atoms with Crippen LogP contribution in [0.15, 0.2) is 35.1 Å². The zero-order chi connectivity index (χ0) is 16.2. The van der Waals surface area contributed by atoms with Crippen molar-refractivity contribution in [2.45, 2.75) is 26.3 Å². The molecule has 2 aromatic rings. The average Bonchev–Trinajstić information content (AvgIpc) is 3.06. The highest BCUT2D eigenvalue weighted by Crippen LogP contribution is 2.16. The van der Waals surface area contributed by atoms with Crippen LogP contribution in [-0.4, -0.2) is 52.0 Å². The molecule has 1 saturated heterocycles. The number of rotatable bonds is 4. The SMILES string of the molecule is CC(C)c1cc(C(=O)N2CCN(Cc3ccncc3)CC2)on1. The lowest BCUT2D eigenvalue weighted by Crippen LogP contribution is -2.48. The van der Waals surface area contributed by atoms with Crippen molar-refractivity contribution in [1.29, 1.82) is 0 Å². The summed E-state index contributed by atoms with van der Waals surface area (Å²) in [5, 5.41) is 3.96. The lowest BCUT2D eigenvalue weighted by molar-refractivity contribution is 0.0588. The number of pyridine rings is 1. The summed E-state index contributed by atoms with van der Waals surface area (Å²) in [7, 11) is 0. The minimum absolute atomic E-state index is 0.0621. The summed E-state index contributed by atoms with van der Waals surface area (Å²) in [4.78, 5) is 20.7. The number of hydrogen-bond acceptors (Lipinski definition) is 5. The molecule has 3 heterocycles. The van der Waals surface area contributed by atoms with Gasteiger partial charge in [0.05, 0.1) is 5.69 Å². The zero-order valence-electron chi connectivity index (χ0n) is 13.6. The van der Waals surface area contributed by atoms with Crippen molar-refractivity contribution in [1.82, 2.24) is 19.9 Å². The van der Waals surface area contributed by atoms with Crippen molar-refractivity contribution in [2.24, 2.45) is 0 Å². The monoisotopic (exact) mass is 314 g/mol. The molecular weight excluding hydrogens is 292 g/mol. The number of hydrogen-bond donors (Lipinski definition) is 0. The molecule has 0 radical (unpaired) electrons. The first kappa shape index (κ1) is 15.7. The van der Waals surface area contributed by atoms with Gasteiger partial charge in [0, 0.05) is 51.2 Å². The molecule has 1 fully saturated rings. The maximum absolute atomic E-state index is 12.5. The van der Waals surface area contributed by atoms with E-state index in [2.05, 4.69) is 15.0 Å². The summed E-state index contributed by atoms with van der Waals surface area (Å²) in [5.74, 6) is 0.543. The molecule has 0 aliphatic carbocycles. The summed E-state index contributed by atoms with van der Waals surface area (Å²) < 4.78 is 5.20. The second-order valence-corrected chi connectivity index (χ2v) is 6.19. The molecule has 0 spiro atoms. The number of carbonyl (C=O) groups excluding carboxylic acids is 1.